The number of ether oxygens (including phenoxy) is 1. The minimum atomic E-state index is -0.564. The fourth-order valence-electron chi connectivity index (χ4n) is 3.85. The quantitative estimate of drug-likeness (QED) is 0.0968. The summed E-state index contributed by atoms with van der Waals surface area (Å²) in [5, 5.41) is 0.670. The van der Waals surface area contributed by atoms with Gasteiger partial charge in [-0.15, -0.1) is 0 Å². The minimum Gasteiger partial charge on any atom is -0.462 e. The number of carbonyl (C=O) groups is 2. The molecule has 2 aromatic rings. The first-order valence-corrected chi connectivity index (χ1v) is 12.6. The number of unbranched alkanes of at least 4 members (excludes halogenated alkanes) is 4. The van der Waals surface area contributed by atoms with Crippen molar-refractivity contribution in [2.24, 2.45) is 0 Å². The Balaban J connectivity index is 2.05. The second-order valence-electron chi connectivity index (χ2n) is 8.31. The van der Waals surface area contributed by atoms with Crippen LogP contribution < -0.4 is 9.80 Å². The van der Waals surface area contributed by atoms with Crippen molar-refractivity contribution in [3.05, 3.63) is 64.7 Å². The first kappa shape index (κ1) is 24.9. The Bertz CT molecular complexity index is 1000. The zero-order chi connectivity index (χ0) is 23.8. The van der Waals surface area contributed by atoms with Crippen LogP contribution in [0.15, 0.2) is 64.0 Å². The maximum atomic E-state index is 13.5. The normalized spacial score (nSPS) is 14.1. The van der Waals surface area contributed by atoms with Gasteiger partial charge in [0, 0.05) is 36.8 Å². The lowest BCUT2D eigenvalue weighted by atomic mass is 10.0. The molecule has 0 aromatic heterocycles. The van der Waals surface area contributed by atoms with Gasteiger partial charge in [-0.3, -0.25) is 4.79 Å². The second kappa shape index (κ2) is 11.9. The monoisotopic (exact) mass is 466 g/mol. The van der Waals surface area contributed by atoms with Crippen LogP contribution in [0.3, 0.4) is 0 Å². The lowest BCUT2D eigenvalue weighted by molar-refractivity contribution is -0.138. The molecule has 0 N–H and O–H groups in total. The van der Waals surface area contributed by atoms with Crippen LogP contribution in [-0.2, 0) is 9.53 Å². The van der Waals surface area contributed by atoms with Crippen molar-refractivity contribution >= 4 is 34.9 Å². The summed E-state index contributed by atoms with van der Waals surface area (Å²) in [6, 6.07) is 15.3. The Hall–Kier alpha value is -2.73. The molecule has 0 saturated heterocycles. The Morgan fingerprint density at radius 2 is 1.70 bits per heavy atom. The fraction of sp³-hybridized carbons (Fsp3) is 0.407. The highest BCUT2D eigenvalue weighted by Gasteiger charge is 2.34. The topological polar surface area (TPSA) is 49.9 Å². The molecule has 0 radical (unpaired) electrons. The van der Waals surface area contributed by atoms with Gasteiger partial charge >= 0.3 is 5.97 Å². The van der Waals surface area contributed by atoms with Crippen molar-refractivity contribution in [2.75, 3.05) is 37.0 Å². The summed E-state index contributed by atoms with van der Waals surface area (Å²) in [4.78, 5) is 31.9. The molecule has 0 aliphatic carbocycles. The van der Waals surface area contributed by atoms with E-state index in [2.05, 4.69) is 34.9 Å². The summed E-state index contributed by atoms with van der Waals surface area (Å²) in [5.74, 6) is -0.862. The number of anilines is 2. The fourth-order valence-corrected chi connectivity index (χ4v) is 5.10. The molecule has 33 heavy (non-hydrogen) atoms. The number of thioether (sulfide) groups is 1. The van der Waals surface area contributed by atoms with Gasteiger partial charge < -0.3 is 14.5 Å². The summed E-state index contributed by atoms with van der Waals surface area (Å²) in [6.45, 7) is 4.94. The van der Waals surface area contributed by atoms with Crippen molar-refractivity contribution in [1.82, 2.24) is 0 Å². The number of ketones is 1. The van der Waals surface area contributed by atoms with Gasteiger partial charge in [0.1, 0.15) is 5.57 Å². The first-order valence-electron chi connectivity index (χ1n) is 11.8. The number of Topliss-reactive ketones (excluding diaryl/α,β-unsaturated/α-hetero) is 1. The number of nitrogens with zero attached hydrogens (tertiary/aromatic N) is 2. The van der Waals surface area contributed by atoms with E-state index in [1.165, 1.54) is 31.0 Å². The SMILES string of the molecule is CCCCCCCN1/C(=C(/C(=O)OCC)C(=O)c2ccccc2)Sc2cc(N(C)C)ccc21. The van der Waals surface area contributed by atoms with Gasteiger partial charge in [0.15, 0.2) is 0 Å². The highest BCUT2D eigenvalue weighted by Crippen LogP contribution is 2.49. The lowest BCUT2D eigenvalue weighted by Gasteiger charge is -2.23. The van der Waals surface area contributed by atoms with Crippen molar-refractivity contribution in [2.45, 2.75) is 50.8 Å². The molecular formula is C27H34N2O3S. The maximum Gasteiger partial charge on any atom is 0.344 e. The smallest absolute Gasteiger partial charge is 0.344 e. The summed E-state index contributed by atoms with van der Waals surface area (Å²) in [7, 11) is 4.01. The average molecular weight is 467 g/mol. The van der Waals surface area contributed by atoms with E-state index in [1.54, 1.807) is 19.1 Å². The van der Waals surface area contributed by atoms with Gasteiger partial charge in [-0.2, -0.15) is 0 Å². The van der Waals surface area contributed by atoms with Crippen LogP contribution in [-0.4, -0.2) is 39.0 Å². The number of hydrogen-bond donors (Lipinski definition) is 0. The molecule has 0 fully saturated rings. The predicted octanol–water partition coefficient (Wildman–Crippen LogP) is 6.29. The van der Waals surface area contributed by atoms with Crippen molar-refractivity contribution in [1.29, 1.82) is 0 Å². The number of fused-ring (bicyclic) bond motifs is 1. The van der Waals surface area contributed by atoms with E-state index in [-0.39, 0.29) is 18.0 Å². The van der Waals surface area contributed by atoms with E-state index in [1.807, 2.05) is 32.3 Å². The molecule has 0 atom stereocenters. The molecule has 0 bridgehead atoms. The van der Waals surface area contributed by atoms with Gasteiger partial charge in [0.2, 0.25) is 5.78 Å². The van der Waals surface area contributed by atoms with Crippen molar-refractivity contribution in [3.8, 4) is 0 Å². The molecule has 0 spiro atoms. The first-order chi connectivity index (χ1) is 16.0. The van der Waals surface area contributed by atoms with E-state index in [0.29, 0.717) is 10.6 Å². The van der Waals surface area contributed by atoms with E-state index >= 15 is 0 Å². The van der Waals surface area contributed by atoms with Crippen LogP contribution in [0.2, 0.25) is 0 Å². The maximum absolute atomic E-state index is 13.5. The molecular weight excluding hydrogens is 432 g/mol. The number of benzene rings is 2. The number of carbonyl (C=O) groups excluding carboxylic acids is 2. The molecule has 5 nitrogen and oxygen atoms in total. The van der Waals surface area contributed by atoms with Gasteiger partial charge in [0.25, 0.3) is 0 Å². The summed E-state index contributed by atoms with van der Waals surface area (Å²) in [5.41, 5.74) is 2.72. The molecule has 176 valence electrons. The zero-order valence-electron chi connectivity index (χ0n) is 20.1. The molecule has 1 aliphatic heterocycles. The Kier molecular flexibility index (Phi) is 9.01. The summed E-state index contributed by atoms with van der Waals surface area (Å²) < 4.78 is 5.36. The van der Waals surface area contributed by atoms with Gasteiger partial charge in [-0.1, -0.05) is 74.7 Å². The molecule has 0 unspecified atom stereocenters. The Morgan fingerprint density at radius 1 is 0.970 bits per heavy atom. The molecule has 6 heteroatoms. The van der Waals surface area contributed by atoms with Crippen LogP contribution in [0.4, 0.5) is 11.4 Å². The second-order valence-corrected chi connectivity index (χ2v) is 9.34. The summed E-state index contributed by atoms with van der Waals surface area (Å²) in [6.07, 6.45) is 5.72. The van der Waals surface area contributed by atoms with Gasteiger partial charge in [-0.25, -0.2) is 4.79 Å². The van der Waals surface area contributed by atoms with E-state index in [0.717, 1.165) is 35.7 Å². The van der Waals surface area contributed by atoms with Gasteiger partial charge in [0.05, 0.1) is 17.3 Å². The Labute approximate surface area is 201 Å². The minimum absolute atomic E-state index is 0.115. The molecule has 1 aliphatic rings. The van der Waals surface area contributed by atoms with Crippen LogP contribution >= 0.6 is 11.8 Å². The zero-order valence-corrected chi connectivity index (χ0v) is 20.9. The largest absolute Gasteiger partial charge is 0.462 e. The molecule has 1 heterocycles. The molecule has 2 aromatic carbocycles. The summed E-state index contributed by atoms with van der Waals surface area (Å²) >= 11 is 1.49. The molecule has 3 rings (SSSR count). The van der Waals surface area contributed by atoms with Crippen LogP contribution in [0.1, 0.15) is 56.3 Å². The highest BCUT2D eigenvalue weighted by molar-refractivity contribution is 8.03. The molecule has 0 amide bonds. The van der Waals surface area contributed by atoms with Crippen LogP contribution in [0.25, 0.3) is 0 Å². The van der Waals surface area contributed by atoms with Crippen molar-refractivity contribution in [3.63, 3.8) is 0 Å². The number of rotatable bonds is 11. The number of esters is 1. The van der Waals surface area contributed by atoms with E-state index in [4.69, 9.17) is 4.74 Å². The average Bonchev–Trinajstić information content (AvgIpc) is 3.17. The third kappa shape index (κ3) is 5.99. The van der Waals surface area contributed by atoms with E-state index < -0.39 is 5.97 Å². The third-order valence-electron chi connectivity index (χ3n) is 5.64. The van der Waals surface area contributed by atoms with Crippen molar-refractivity contribution < 1.29 is 14.3 Å². The van der Waals surface area contributed by atoms with Crippen LogP contribution in [0.5, 0.6) is 0 Å². The lowest BCUT2D eigenvalue weighted by Crippen LogP contribution is -2.26. The number of hydrogen-bond acceptors (Lipinski definition) is 6. The van der Waals surface area contributed by atoms with E-state index in [9.17, 15) is 9.59 Å². The third-order valence-corrected chi connectivity index (χ3v) is 6.81. The standard InChI is InChI=1S/C27H34N2O3S/c1-5-7-8-9-13-18-29-22-17-16-21(28(3)4)19-23(22)33-26(29)24(27(31)32-6-2)25(30)20-14-11-10-12-15-20/h10-12,14-17,19H,5-9,13,18H2,1-4H3/b26-24-. The predicted molar refractivity (Wildman–Crippen MR) is 137 cm³/mol. The van der Waals surface area contributed by atoms with Crippen LogP contribution in [0, 0.1) is 0 Å². The van der Waals surface area contributed by atoms with Gasteiger partial charge in [-0.05, 0) is 31.5 Å². The highest BCUT2D eigenvalue weighted by atomic mass is 32.2. The molecule has 0 saturated carbocycles. The Morgan fingerprint density at radius 3 is 2.36 bits per heavy atom.